The van der Waals surface area contributed by atoms with Crippen LogP contribution in [0.15, 0.2) is 0 Å². The number of likely N-dealkylation sites (N-methyl/N-ethyl adjacent to an activating group) is 1. The van der Waals surface area contributed by atoms with E-state index in [0.29, 0.717) is 5.82 Å². The van der Waals surface area contributed by atoms with Gasteiger partial charge in [0.1, 0.15) is 10.7 Å². The number of piperazine rings is 1. The number of nitrogens with one attached hydrogen (secondary N) is 1. The van der Waals surface area contributed by atoms with E-state index in [9.17, 15) is 4.79 Å². The number of amides is 1. The van der Waals surface area contributed by atoms with Gasteiger partial charge in [0.05, 0.1) is 38.6 Å². The highest BCUT2D eigenvalue weighted by molar-refractivity contribution is 7.19. The minimum Gasteiger partial charge on any atom is -0.334 e. The third-order valence-electron chi connectivity index (χ3n) is 5.65. The molecule has 5 rings (SSSR count). The lowest BCUT2D eigenvalue weighted by atomic mass is 9.97. The lowest BCUT2D eigenvalue weighted by molar-refractivity contribution is -0.883. The number of aryl methyl sites for hydroxylation is 3. The summed E-state index contributed by atoms with van der Waals surface area (Å²) in [6.45, 7) is 5.42. The van der Waals surface area contributed by atoms with Crippen molar-refractivity contribution in [2.45, 2.75) is 32.6 Å². The highest BCUT2D eigenvalue weighted by Crippen LogP contribution is 2.37. The molecule has 1 fully saturated rings. The van der Waals surface area contributed by atoms with Gasteiger partial charge in [-0.25, -0.2) is 9.97 Å². The Morgan fingerprint density at radius 3 is 2.73 bits per heavy atom. The van der Waals surface area contributed by atoms with Crippen LogP contribution in [-0.2, 0) is 12.8 Å². The van der Waals surface area contributed by atoms with Crippen molar-refractivity contribution in [3.8, 4) is 0 Å². The first-order valence-corrected chi connectivity index (χ1v) is 10.2. The van der Waals surface area contributed by atoms with Crippen LogP contribution in [0.5, 0.6) is 0 Å². The molecule has 7 nitrogen and oxygen atoms in total. The van der Waals surface area contributed by atoms with E-state index in [-0.39, 0.29) is 5.91 Å². The summed E-state index contributed by atoms with van der Waals surface area (Å²) in [6, 6.07) is 0. The van der Waals surface area contributed by atoms with Gasteiger partial charge in [-0.05, 0) is 38.2 Å². The Balaban J connectivity index is 1.62. The average Bonchev–Trinajstić information content (AvgIpc) is 3.23. The fourth-order valence-electron chi connectivity index (χ4n) is 4.08. The largest absolute Gasteiger partial charge is 0.334 e. The minimum atomic E-state index is -0.0575. The molecule has 136 valence electrons. The molecule has 2 aliphatic rings. The predicted octanol–water partition coefficient (Wildman–Crippen LogP) is 0.497. The van der Waals surface area contributed by atoms with E-state index in [2.05, 4.69) is 12.1 Å². The van der Waals surface area contributed by atoms with Crippen molar-refractivity contribution in [1.82, 2.24) is 24.5 Å². The second kappa shape index (κ2) is 5.99. The van der Waals surface area contributed by atoms with Crippen LogP contribution in [0, 0.1) is 6.92 Å². The number of rotatable bonds is 1. The van der Waals surface area contributed by atoms with E-state index in [0.717, 1.165) is 60.7 Å². The van der Waals surface area contributed by atoms with Gasteiger partial charge in [-0.3, -0.25) is 4.79 Å². The van der Waals surface area contributed by atoms with Gasteiger partial charge in [-0.2, -0.15) is 4.52 Å². The van der Waals surface area contributed by atoms with Crippen LogP contribution in [0.2, 0.25) is 0 Å². The third kappa shape index (κ3) is 2.43. The monoisotopic (exact) mass is 371 g/mol. The molecule has 0 aromatic carbocycles. The minimum absolute atomic E-state index is 0.0575. The van der Waals surface area contributed by atoms with Crippen LogP contribution >= 0.6 is 11.3 Å². The fourth-order valence-corrected chi connectivity index (χ4v) is 5.38. The summed E-state index contributed by atoms with van der Waals surface area (Å²) >= 11 is 1.78. The molecule has 1 saturated heterocycles. The molecule has 4 heterocycles. The van der Waals surface area contributed by atoms with E-state index in [1.54, 1.807) is 15.9 Å². The van der Waals surface area contributed by atoms with Crippen molar-refractivity contribution in [3.05, 3.63) is 22.1 Å². The number of nitrogens with zero attached hydrogens (tertiary/aromatic N) is 5. The molecule has 0 radical (unpaired) electrons. The van der Waals surface area contributed by atoms with E-state index in [4.69, 9.17) is 9.97 Å². The zero-order valence-electron chi connectivity index (χ0n) is 15.2. The van der Waals surface area contributed by atoms with Crippen LogP contribution in [-0.4, -0.2) is 63.6 Å². The summed E-state index contributed by atoms with van der Waals surface area (Å²) in [5.41, 5.74) is 2.18. The van der Waals surface area contributed by atoms with Gasteiger partial charge in [-0.15, -0.1) is 16.4 Å². The summed E-state index contributed by atoms with van der Waals surface area (Å²) in [6.07, 6.45) is 4.66. The molecular weight excluding hydrogens is 348 g/mol. The third-order valence-corrected chi connectivity index (χ3v) is 6.83. The van der Waals surface area contributed by atoms with Gasteiger partial charge < -0.3 is 9.80 Å². The summed E-state index contributed by atoms with van der Waals surface area (Å²) in [4.78, 5) is 28.2. The van der Waals surface area contributed by atoms with Crippen LogP contribution in [0.3, 0.4) is 0 Å². The first-order valence-electron chi connectivity index (χ1n) is 9.40. The number of hydrogen-bond acceptors (Lipinski definition) is 5. The first kappa shape index (κ1) is 16.1. The Hall–Kier alpha value is -2.06. The van der Waals surface area contributed by atoms with E-state index in [1.165, 1.54) is 28.2 Å². The Bertz CT molecular complexity index is 1010. The molecule has 0 atom stereocenters. The molecule has 26 heavy (non-hydrogen) atoms. The molecular formula is C18H23N6OS+. The van der Waals surface area contributed by atoms with Gasteiger partial charge >= 0.3 is 0 Å². The number of quaternary nitrogens is 1. The first-order chi connectivity index (χ1) is 12.6. The van der Waals surface area contributed by atoms with Gasteiger partial charge in [-0.1, -0.05) is 0 Å². The lowest BCUT2D eigenvalue weighted by Crippen LogP contribution is -3.12. The summed E-state index contributed by atoms with van der Waals surface area (Å²) < 4.78 is 1.76. The second-order valence-electron chi connectivity index (χ2n) is 7.47. The smallest absolute Gasteiger partial charge is 0.293 e. The van der Waals surface area contributed by atoms with Crippen molar-refractivity contribution in [2.24, 2.45) is 0 Å². The van der Waals surface area contributed by atoms with E-state index < -0.39 is 0 Å². The maximum Gasteiger partial charge on any atom is 0.293 e. The molecule has 0 unspecified atom stereocenters. The quantitative estimate of drug-likeness (QED) is 0.676. The zero-order valence-corrected chi connectivity index (χ0v) is 16.0. The van der Waals surface area contributed by atoms with Crippen molar-refractivity contribution >= 4 is 33.1 Å². The molecule has 8 heteroatoms. The van der Waals surface area contributed by atoms with Crippen molar-refractivity contribution in [1.29, 1.82) is 0 Å². The van der Waals surface area contributed by atoms with Crippen LogP contribution < -0.4 is 4.90 Å². The summed E-state index contributed by atoms with van der Waals surface area (Å²) in [5.74, 6) is 1.04. The topological polar surface area (TPSA) is 67.8 Å². The number of carbonyl (C=O) groups excluding carboxylic acids is 1. The number of carbonyl (C=O) groups is 1. The second-order valence-corrected chi connectivity index (χ2v) is 8.55. The molecule has 3 aromatic heterocycles. The number of fused-ring (bicyclic) bond motifs is 5. The fraction of sp³-hybridized carbons (Fsp3) is 0.556. The maximum atomic E-state index is 12.9. The van der Waals surface area contributed by atoms with Gasteiger partial charge in [0, 0.05) is 4.88 Å². The van der Waals surface area contributed by atoms with Crippen molar-refractivity contribution < 1.29 is 9.69 Å². The van der Waals surface area contributed by atoms with Crippen LogP contribution in [0.1, 0.15) is 39.7 Å². The Kier molecular flexibility index (Phi) is 3.72. The van der Waals surface area contributed by atoms with Crippen molar-refractivity contribution in [3.63, 3.8) is 0 Å². The summed E-state index contributed by atoms with van der Waals surface area (Å²) in [5, 5.41) is 5.65. The van der Waals surface area contributed by atoms with Gasteiger partial charge in [0.2, 0.25) is 5.82 Å². The van der Waals surface area contributed by atoms with E-state index >= 15 is 0 Å². The predicted molar refractivity (Wildman–Crippen MR) is 100 cm³/mol. The number of thiophene rings is 1. The van der Waals surface area contributed by atoms with Crippen LogP contribution in [0.25, 0.3) is 15.9 Å². The molecule has 0 bridgehead atoms. The molecule has 1 aliphatic heterocycles. The normalized spacial score (nSPS) is 18.6. The Morgan fingerprint density at radius 2 is 1.92 bits per heavy atom. The van der Waals surface area contributed by atoms with Gasteiger partial charge in [0.25, 0.3) is 5.91 Å². The highest BCUT2D eigenvalue weighted by Gasteiger charge is 2.27. The highest BCUT2D eigenvalue weighted by atomic mass is 32.1. The molecule has 1 N–H and O–H groups in total. The summed E-state index contributed by atoms with van der Waals surface area (Å²) in [7, 11) is 2.16. The van der Waals surface area contributed by atoms with Crippen molar-refractivity contribution in [2.75, 3.05) is 33.2 Å². The van der Waals surface area contributed by atoms with Crippen LogP contribution in [0.4, 0.5) is 0 Å². The Morgan fingerprint density at radius 1 is 1.15 bits per heavy atom. The molecule has 1 amide bonds. The van der Waals surface area contributed by atoms with E-state index in [1.807, 2.05) is 11.8 Å². The lowest BCUT2D eigenvalue weighted by Gasteiger charge is -2.29. The molecule has 1 aliphatic carbocycles. The molecule has 3 aromatic rings. The SMILES string of the molecule is Cc1nc2sc3c(c2c2nc(C(=O)N4CC[NH+](C)CC4)nn12)CCCC3. The molecule has 0 saturated carbocycles. The standard InChI is InChI=1S/C18H22N6OS/c1-11-19-17-14(12-5-3-4-6-13(12)26-17)16-20-15(21-24(11)16)18(25)23-9-7-22(2)8-10-23/h3-10H2,1-2H3/p+1. The number of aromatic nitrogens is 4. The maximum absolute atomic E-state index is 12.9. The molecule has 0 spiro atoms. The Labute approximate surface area is 155 Å². The number of hydrogen-bond donors (Lipinski definition) is 1. The zero-order chi connectivity index (χ0) is 17.8. The van der Waals surface area contributed by atoms with Gasteiger partial charge in [0.15, 0.2) is 5.65 Å². The average molecular weight is 371 g/mol.